The molecule has 1 aromatic carbocycles. The standard InChI is InChI=1S/C19H30O7S/c1-6-18(25-13-24-8-7-23-5)11-17(20)12-26-27(21,22)19-15(3)9-14(2)10-16(19)4/h6,9-10,17-18,20H,1,7-8,11-13H2,2-5H3/t17-,18+/m0/s1. The minimum atomic E-state index is -3.97. The van der Waals surface area contributed by atoms with Crippen LogP contribution in [0.3, 0.4) is 0 Å². The molecule has 0 aliphatic heterocycles. The van der Waals surface area contributed by atoms with Gasteiger partial charge >= 0.3 is 0 Å². The molecule has 0 fully saturated rings. The van der Waals surface area contributed by atoms with E-state index in [1.165, 1.54) is 6.08 Å². The normalized spacial score (nSPS) is 14.1. The fraction of sp³-hybridized carbons (Fsp3) is 0.579. The highest BCUT2D eigenvalue weighted by Crippen LogP contribution is 2.24. The van der Waals surface area contributed by atoms with Crippen LogP contribution in [0, 0.1) is 20.8 Å². The first-order valence-corrected chi connectivity index (χ1v) is 10.1. The second-order valence-electron chi connectivity index (χ2n) is 6.32. The number of ether oxygens (including phenoxy) is 3. The first-order valence-electron chi connectivity index (χ1n) is 8.67. The van der Waals surface area contributed by atoms with Crippen LogP contribution in [0.25, 0.3) is 0 Å². The molecule has 7 nitrogen and oxygen atoms in total. The largest absolute Gasteiger partial charge is 0.391 e. The van der Waals surface area contributed by atoms with E-state index in [0.717, 1.165) is 5.56 Å². The molecule has 0 radical (unpaired) electrons. The molecule has 0 heterocycles. The molecule has 2 atom stereocenters. The van der Waals surface area contributed by atoms with Crippen molar-refractivity contribution in [3.8, 4) is 0 Å². The molecule has 27 heavy (non-hydrogen) atoms. The van der Waals surface area contributed by atoms with E-state index in [2.05, 4.69) is 6.58 Å². The molecule has 154 valence electrons. The smallest absolute Gasteiger partial charge is 0.297 e. The van der Waals surface area contributed by atoms with Gasteiger partial charge in [0.2, 0.25) is 0 Å². The van der Waals surface area contributed by atoms with E-state index in [9.17, 15) is 13.5 Å². The highest BCUT2D eigenvalue weighted by atomic mass is 32.2. The Morgan fingerprint density at radius 1 is 1.19 bits per heavy atom. The van der Waals surface area contributed by atoms with E-state index in [-0.39, 0.29) is 24.7 Å². The van der Waals surface area contributed by atoms with Crippen LogP contribution in [-0.2, 0) is 28.5 Å². The molecule has 0 bridgehead atoms. The second kappa shape index (κ2) is 11.5. The summed E-state index contributed by atoms with van der Waals surface area (Å²) in [5, 5.41) is 10.1. The summed E-state index contributed by atoms with van der Waals surface area (Å²) in [5.41, 5.74) is 2.20. The fourth-order valence-electron chi connectivity index (χ4n) is 2.69. The Balaban J connectivity index is 2.57. The third-order valence-electron chi connectivity index (χ3n) is 3.83. The van der Waals surface area contributed by atoms with E-state index in [1.807, 2.05) is 6.92 Å². The Kier molecular flexibility index (Phi) is 10.1. The SMILES string of the molecule is C=C[C@H](C[C@H](O)COS(=O)(=O)c1c(C)cc(C)cc1C)OCOCCOC. The van der Waals surface area contributed by atoms with Crippen molar-refractivity contribution < 1.29 is 31.9 Å². The minimum absolute atomic E-state index is 0.0215. The number of benzene rings is 1. The van der Waals surface area contributed by atoms with Crippen LogP contribution in [0.15, 0.2) is 29.7 Å². The number of hydrogen-bond donors (Lipinski definition) is 1. The summed E-state index contributed by atoms with van der Waals surface area (Å²) < 4.78 is 45.5. The molecular weight excluding hydrogens is 372 g/mol. The fourth-order valence-corrected chi connectivity index (χ4v) is 4.05. The average Bonchev–Trinajstić information content (AvgIpc) is 2.57. The van der Waals surface area contributed by atoms with Crippen molar-refractivity contribution in [1.29, 1.82) is 0 Å². The molecule has 0 aliphatic rings. The van der Waals surface area contributed by atoms with Gasteiger partial charge < -0.3 is 19.3 Å². The van der Waals surface area contributed by atoms with Crippen molar-refractivity contribution in [1.82, 2.24) is 0 Å². The molecule has 1 rings (SSSR count). The third kappa shape index (κ3) is 8.08. The van der Waals surface area contributed by atoms with Crippen molar-refractivity contribution in [2.24, 2.45) is 0 Å². The quantitative estimate of drug-likeness (QED) is 0.234. The molecule has 0 unspecified atom stereocenters. The van der Waals surface area contributed by atoms with Crippen LogP contribution in [0.2, 0.25) is 0 Å². The number of aryl methyl sites for hydroxylation is 3. The number of methoxy groups -OCH3 is 1. The molecule has 0 saturated carbocycles. The summed E-state index contributed by atoms with van der Waals surface area (Å²) in [6.45, 7) is 9.47. The highest BCUT2D eigenvalue weighted by molar-refractivity contribution is 7.86. The van der Waals surface area contributed by atoms with Gasteiger partial charge in [0.15, 0.2) is 0 Å². The zero-order valence-corrected chi connectivity index (χ0v) is 17.3. The highest BCUT2D eigenvalue weighted by Gasteiger charge is 2.23. The predicted molar refractivity (Wildman–Crippen MR) is 102 cm³/mol. The lowest BCUT2D eigenvalue weighted by Gasteiger charge is -2.18. The van der Waals surface area contributed by atoms with Crippen molar-refractivity contribution in [2.45, 2.75) is 44.3 Å². The zero-order valence-electron chi connectivity index (χ0n) is 16.4. The maximum absolute atomic E-state index is 12.5. The van der Waals surface area contributed by atoms with Gasteiger partial charge in [0.25, 0.3) is 10.1 Å². The van der Waals surface area contributed by atoms with Gasteiger partial charge in [0.05, 0.1) is 36.9 Å². The lowest BCUT2D eigenvalue weighted by Crippen LogP contribution is -2.26. The second-order valence-corrected chi connectivity index (χ2v) is 7.87. The average molecular weight is 403 g/mol. The van der Waals surface area contributed by atoms with E-state index in [0.29, 0.717) is 24.3 Å². The summed E-state index contributed by atoms with van der Waals surface area (Å²) >= 11 is 0. The summed E-state index contributed by atoms with van der Waals surface area (Å²) in [5.74, 6) is 0. The van der Waals surface area contributed by atoms with Gasteiger partial charge in [-0.15, -0.1) is 6.58 Å². The summed E-state index contributed by atoms with van der Waals surface area (Å²) in [6.07, 6.45) is 0.133. The third-order valence-corrected chi connectivity index (χ3v) is 5.43. The maximum Gasteiger partial charge on any atom is 0.297 e. The van der Waals surface area contributed by atoms with Crippen molar-refractivity contribution in [3.05, 3.63) is 41.5 Å². The van der Waals surface area contributed by atoms with E-state index < -0.39 is 22.3 Å². The van der Waals surface area contributed by atoms with Gasteiger partial charge in [-0.25, -0.2) is 0 Å². The van der Waals surface area contributed by atoms with Crippen molar-refractivity contribution >= 4 is 10.1 Å². The van der Waals surface area contributed by atoms with Crippen LogP contribution in [0.4, 0.5) is 0 Å². The van der Waals surface area contributed by atoms with Gasteiger partial charge in [-0.2, -0.15) is 8.42 Å². The molecule has 8 heteroatoms. The van der Waals surface area contributed by atoms with Gasteiger partial charge in [-0.1, -0.05) is 23.8 Å². The Morgan fingerprint density at radius 3 is 2.37 bits per heavy atom. The topological polar surface area (TPSA) is 91.3 Å². The van der Waals surface area contributed by atoms with E-state index in [1.54, 1.807) is 33.1 Å². The van der Waals surface area contributed by atoms with Crippen molar-refractivity contribution in [2.75, 3.05) is 33.7 Å². The molecule has 1 aromatic rings. The monoisotopic (exact) mass is 402 g/mol. The van der Waals surface area contributed by atoms with Crippen molar-refractivity contribution in [3.63, 3.8) is 0 Å². The van der Waals surface area contributed by atoms with Crippen LogP contribution in [0.1, 0.15) is 23.1 Å². The van der Waals surface area contributed by atoms with Gasteiger partial charge in [0, 0.05) is 13.5 Å². The van der Waals surface area contributed by atoms with Gasteiger partial charge in [-0.05, 0) is 31.9 Å². The maximum atomic E-state index is 12.5. The van der Waals surface area contributed by atoms with Crippen LogP contribution in [-0.4, -0.2) is 59.5 Å². The van der Waals surface area contributed by atoms with Gasteiger partial charge in [0.1, 0.15) is 6.79 Å². The number of rotatable bonds is 13. The lowest BCUT2D eigenvalue weighted by molar-refractivity contribution is -0.0944. The molecule has 1 N–H and O–H groups in total. The first-order chi connectivity index (χ1) is 12.7. The summed E-state index contributed by atoms with van der Waals surface area (Å²) in [7, 11) is -2.40. The Hall–Kier alpha value is -1.29. The van der Waals surface area contributed by atoms with Crippen LogP contribution < -0.4 is 0 Å². The summed E-state index contributed by atoms with van der Waals surface area (Å²) in [4.78, 5) is 0.142. The van der Waals surface area contributed by atoms with Crippen LogP contribution >= 0.6 is 0 Å². The van der Waals surface area contributed by atoms with Gasteiger partial charge in [-0.3, -0.25) is 4.18 Å². The Bertz CT molecular complexity index is 677. The van der Waals surface area contributed by atoms with E-state index in [4.69, 9.17) is 18.4 Å². The number of aliphatic hydroxyl groups excluding tert-OH is 1. The zero-order chi connectivity index (χ0) is 20.4. The lowest BCUT2D eigenvalue weighted by atomic mass is 10.1. The molecule has 0 spiro atoms. The molecular formula is C19H30O7S. The summed E-state index contributed by atoms with van der Waals surface area (Å²) in [6, 6.07) is 3.57. The molecule has 0 amide bonds. The van der Waals surface area contributed by atoms with Crippen LogP contribution in [0.5, 0.6) is 0 Å². The Labute approximate surface area is 162 Å². The number of aliphatic hydroxyl groups is 1. The predicted octanol–water partition coefficient (Wildman–Crippen LogP) is 2.26. The molecule has 0 saturated heterocycles. The van der Waals surface area contributed by atoms with E-state index >= 15 is 0 Å². The molecule has 0 aromatic heterocycles. The Morgan fingerprint density at radius 2 is 1.81 bits per heavy atom. The molecule has 0 aliphatic carbocycles. The first kappa shape index (κ1) is 23.7. The number of hydrogen-bond acceptors (Lipinski definition) is 7. The minimum Gasteiger partial charge on any atom is -0.391 e.